The average molecular weight is 360 g/mol. The summed E-state index contributed by atoms with van der Waals surface area (Å²) in [6, 6.07) is 0. The second kappa shape index (κ2) is 6.48. The van der Waals surface area contributed by atoms with Gasteiger partial charge in [0.25, 0.3) is 0 Å². The molecule has 25 heavy (non-hydrogen) atoms. The standard InChI is InChI=1S/C16H24O9/c1-15(2)22-11-8(7-20-10(19)6-5-9(17)18)21-14-13(12(11)23-15)24-16(3,4)25-14/h8,11-14H,5-7H2,1-4H3,(H,17,18)/t8-,11+,12+,13-,14?/m1/s1. The van der Waals surface area contributed by atoms with Gasteiger partial charge in [0, 0.05) is 0 Å². The Balaban J connectivity index is 1.65. The third-order valence-electron chi connectivity index (χ3n) is 4.20. The molecule has 0 aromatic carbocycles. The fourth-order valence-electron chi connectivity index (χ4n) is 3.28. The molecule has 9 nitrogen and oxygen atoms in total. The summed E-state index contributed by atoms with van der Waals surface area (Å²) in [6.07, 6.45) is -3.08. The fraction of sp³-hybridized carbons (Fsp3) is 0.875. The summed E-state index contributed by atoms with van der Waals surface area (Å²) < 4.78 is 34.5. The number of hydrogen-bond acceptors (Lipinski definition) is 8. The molecule has 0 amide bonds. The second-order valence-electron chi connectivity index (χ2n) is 7.28. The van der Waals surface area contributed by atoms with Crippen molar-refractivity contribution in [2.24, 2.45) is 0 Å². The topological polar surface area (TPSA) is 110 Å². The highest BCUT2D eigenvalue weighted by Crippen LogP contribution is 2.44. The Morgan fingerprint density at radius 2 is 1.52 bits per heavy atom. The van der Waals surface area contributed by atoms with Crippen LogP contribution in [0.25, 0.3) is 0 Å². The van der Waals surface area contributed by atoms with Crippen LogP contribution in [-0.2, 0) is 38.0 Å². The Labute approximate surface area is 145 Å². The van der Waals surface area contributed by atoms with Gasteiger partial charge in [0.2, 0.25) is 0 Å². The highest BCUT2D eigenvalue weighted by molar-refractivity contribution is 5.76. The van der Waals surface area contributed by atoms with Crippen molar-refractivity contribution in [2.45, 2.75) is 82.8 Å². The largest absolute Gasteiger partial charge is 0.481 e. The van der Waals surface area contributed by atoms with Crippen LogP contribution in [0.15, 0.2) is 0 Å². The summed E-state index contributed by atoms with van der Waals surface area (Å²) in [7, 11) is 0. The summed E-state index contributed by atoms with van der Waals surface area (Å²) in [6.45, 7) is 7.07. The molecule has 3 heterocycles. The predicted molar refractivity (Wildman–Crippen MR) is 80.4 cm³/mol. The summed E-state index contributed by atoms with van der Waals surface area (Å²) in [4.78, 5) is 22.2. The van der Waals surface area contributed by atoms with E-state index in [4.69, 9.17) is 33.5 Å². The van der Waals surface area contributed by atoms with Crippen molar-refractivity contribution >= 4 is 11.9 Å². The van der Waals surface area contributed by atoms with E-state index < -0.39 is 54.2 Å². The number of aliphatic carboxylic acids is 1. The van der Waals surface area contributed by atoms with E-state index in [1.165, 1.54) is 0 Å². The van der Waals surface area contributed by atoms with Crippen molar-refractivity contribution in [1.82, 2.24) is 0 Å². The zero-order valence-electron chi connectivity index (χ0n) is 14.7. The summed E-state index contributed by atoms with van der Waals surface area (Å²) in [5.74, 6) is -3.30. The normalized spacial score (nSPS) is 38.0. The number of esters is 1. The van der Waals surface area contributed by atoms with Crippen LogP contribution < -0.4 is 0 Å². The molecule has 0 saturated carbocycles. The number of ether oxygens (including phenoxy) is 6. The first-order valence-corrected chi connectivity index (χ1v) is 8.30. The van der Waals surface area contributed by atoms with Crippen molar-refractivity contribution in [3.05, 3.63) is 0 Å². The van der Waals surface area contributed by atoms with E-state index in [9.17, 15) is 9.59 Å². The third kappa shape index (κ3) is 4.12. The van der Waals surface area contributed by atoms with Crippen molar-refractivity contribution in [3.8, 4) is 0 Å². The fourth-order valence-corrected chi connectivity index (χ4v) is 3.28. The SMILES string of the molecule is CC1(C)O[C@@H]2[C@H](O1)[C@H]1OC(C)(C)OC1O[C@@H]2COC(=O)CCC(=O)O. The van der Waals surface area contributed by atoms with E-state index >= 15 is 0 Å². The summed E-state index contributed by atoms with van der Waals surface area (Å²) >= 11 is 0. The molecule has 3 fully saturated rings. The Morgan fingerprint density at radius 1 is 0.920 bits per heavy atom. The summed E-state index contributed by atoms with van der Waals surface area (Å²) in [5, 5.41) is 8.61. The molecular weight excluding hydrogens is 336 g/mol. The lowest BCUT2D eigenvalue weighted by Crippen LogP contribution is -2.56. The molecule has 3 aliphatic rings. The van der Waals surface area contributed by atoms with Gasteiger partial charge in [0.1, 0.15) is 31.0 Å². The molecule has 0 aromatic heterocycles. The van der Waals surface area contributed by atoms with Crippen LogP contribution in [0.4, 0.5) is 0 Å². The maximum atomic E-state index is 11.7. The van der Waals surface area contributed by atoms with Crippen LogP contribution in [-0.4, -0.2) is 65.9 Å². The van der Waals surface area contributed by atoms with Gasteiger partial charge in [0.15, 0.2) is 17.9 Å². The van der Waals surface area contributed by atoms with E-state index in [0.717, 1.165) is 0 Å². The molecule has 0 radical (unpaired) electrons. The molecule has 3 aliphatic heterocycles. The molecule has 0 spiro atoms. The van der Waals surface area contributed by atoms with Gasteiger partial charge in [-0.05, 0) is 27.7 Å². The molecule has 0 aliphatic carbocycles. The molecule has 1 unspecified atom stereocenters. The van der Waals surface area contributed by atoms with Gasteiger partial charge in [-0.2, -0.15) is 0 Å². The van der Waals surface area contributed by atoms with Gasteiger partial charge in [-0.25, -0.2) is 0 Å². The van der Waals surface area contributed by atoms with Crippen LogP contribution in [0.1, 0.15) is 40.5 Å². The van der Waals surface area contributed by atoms with E-state index in [1.807, 2.05) is 0 Å². The Hall–Kier alpha value is -1.26. The van der Waals surface area contributed by atoms with Gasteiger partial charge in [0.05, 0.1) is 12.8 Å². The van der Waals surface area contributed by atoms with E-state index in [1.54, 1.807) is 27.7 Å². The monoisotopic (exact) mass is 360 g/mol. The van der Waals surface area contributed by atoms with Crippen molar-refractivity contribution in [1.29, 1.82) is 0 Å². The highest BCUT2D eigenvalue weighted by atomic mass is 16.9. The van der Waals surface area contributed by atoms with E-state index in [-0.39, 0.29) is 19.4 Å². The number of hydrogen-bond donors (Lipinski definition) is 1. The number of rotatable bonds is 5. The minimum atomic E-state index is -1.05. The van der Waals surface area contributed by atoms with Crippen LogP contribution in [0.2, 0.25) is 0 Å². The number of carbonyl (C=O) groups is 2. The number of fused-ring (bicyclic) bond motifs is 3. The molecule has 0 aromatic rings. The van der Waals surface area contributed by atoms with Crippen LogP contribution >= 0.6 is 0 Å². The Bertz CT molecular complexity index is 544. The van der Waals surface area contributed by atoms with E-state index in [0.29, 0.717) is 0 Å². The minimum Gasteiger partial charge on any atom is -0.481 e. The van der Waals surface area contributed by atoms with Gasteiger partial charge in [-0.1, -0.05) is 0 Å². The number of carboxylic acid groups (broad SMARTS) is 1. The maximum Gasteiger partial charge on any atom is 0.306 e. The van der Waals surface area contributed by atoms with Crippen LogP contribution in [0, 0.1) is 0 Å². The Kier molecular flexibility index (Phi) is 4.80. The molecule has 9 heteroatoms. The Morgan fingerprint density at radius 3 is 2.20 bits per heavy atom. The smallest absolute Gasteiger partial charge is 0.306 e. The zero-order chi connectivity index (χ0) is 18.4. The summed E-state index contributed by atoms with van der Waals surface area (Å²) in [5.41, 5.74) is 0. The molecule has 1 N–H and O–H groups in total. The predicted octanol–water partition coefficient (Wildman–Crippen LogP) is 0.791. The lowest BCUT2D eigenvalue weighted by Gasteiger charge is -2.36. The van der Waals surface area contributed by atoms with Crippen LogP contribution in [0.3, 0.4) is 0 Å². The molecule has 142 valence electrons. The van der Waals surface area contributed by atoms with Crippen molar-refractivity contribution in [3.63, 3.8) is 0 Å². The lowest BCUT2D eigenvalue weighted by molar-refractivity contribution is -0.242. The third-order valence-corrected chi connectivity index (χ3v) is 4.20. The zero-order valence-corrected chi connectivity index (χ0v) is 14.7. The first-order valence-electron chi connectivity index (χ1n) is 8.30. The van der Waals surface area contributed by atoms with Crippen molar-refractivity contribution in [2.75, 3.05) is 6.61 Å². The molecule has 3 rings (SSSR count). The average Bonchev–Trinajstić information content (AvgIpc) is 2.96. The molecular formula is C16H24O9. The van der Waals surface area contributed by atoms with Crippen molar-refractivity contribution < 1.29 is 43.1 Å². The minimum absolute atomic E-state index is 0.0773. The highest BCUT2D eigenvalue weighted by Gasteiger charge is 2.60. The van der Waals surface area contributed by atoms with E-state index in [2.05, 4.69) is 0 Å². The maximum absolute atomic E-state index is 11.7. The lowest BCUT2D eigenvalue weighted by atomic mass is 9.99. The van der Waals surface area contributed by atoms with Gasteiger partial charge in [-0.15, -0.1) is 0 Å². The molecule has 3 saturated heterocycles. The first kappa shape index (κ1) is 18.5. The van der Waals surface area contributed by atoms with Gasteiger partial charge >= 0.3 is 11.9 Å². The number of carboxylic acids is 1. The van der Waals surface area contributed by atoms with Crippen LogP contribution in [0.5, 0.6) is 0 Å². The van der Waals surface area contributed by atoms with Gasteiger partial charge < -0.3 is 33.5 Å². The number of carbonyl (C=O) groups excluding carboxylic acids is 1. The first-order chi connectivity index (χ1) is 11.6. The van der Waals surface area contributed by atoms with Gasteiger partial charge in [-0.3, -0.25) is 9.59 Å². The molecule has 5 atom stereocenters. The quantitative estimate of drug-likeness (QED) is 0.712. The second-order valence-corrected chi connectivity index (χ2v) is 7.28. The molecule has 0 bridgehead atoms.